The fourth-order valence-electron chi connectivity index (χ4n) is 6.52. The van der Waals surface area contributed by atoms with E-state index in [-0.39, 0.29) is 38.1 Å². The zero-order valence-corrected chi connectivity index (χ0v) is 34.7. The maximum absolute atomic E-state index is 14.0. The molecule has 2 aromatic rings. The molecule has 330 valence electrons. The number of aryl methyl sites for hydroxylation is 1. The van der Waals surface area contributed by atoms with Gasteiger partial charge in [-0.3, -0.25) is 43.2 Å². The molecule has 6 atom stereocenters. The van der Waals surface area contributed by atoms with Crippen LogP contribution < -0.4 is 43.0 Å². The van der Waals surface area contributed by atoms with E-state index >= 15 is 0 Å². The molecule has 5 unspecified atom stereocenters. The summed E-state index contributed by atoms with van der Waals surface area (Å²) in [5, 5.41) is 37.8. The van der Waals surface area contributed by atoms with E-state index < -0.39 is 110 Å². The van der Waals surface area contributed by atoms with Crippen molar-refractivity contribution >= 4 is 76.3 Å². The number of rotatable bonds is 25. The topological polar surface area (TPSA) is 323 Å². The summed E-state index contributed by atoms with van der Waals surface area (Å²) in [6.45, 7) is 3.49. The van der Waals surface area contributed by atoms with E-state index in [9.17, 15) is 48.3 Å². The van der Waals surface area contributed by atoms with Crippen molar-refractivity contribution in [2.45, 2.75) is 101 Å². The van der Waals surface area contributed by atoms with Crippen molar-refractivity contribution in [2.75, 3.05) is 38.5 Å². The van der Waals surface area contributed by atoms with Gasteiger partial charge in [0.2, 0.25) is 53.7 Å². The van der Waals surface area contributed by atoms with Crippen LogP contribution in [0.1, 0.15) is 57.9 Å². The van der Waals surface area contributed by atoms with Crippen molar-refractivity contribution in [2.24, 2.45) is 5.73 Å². The number of aliphatic hydroxyl groups excluding tert-OH is 2. The normalized spacial score (nSPS) is 16.0. The lowest BCUT2D eigenvalue weighted by Crippen LogP contribution is -2.59. The Bertz CT molecular complexity index is 1860. The first kappa shape index (κ1) is 48.6. The Kier molecular flexibility index (Phi) is 19.7. The van der Waals surface area contributed by atoms with Crippen molar-refractivity contribution in [1.29, 1.82) is 0 Å². The van der Waals surface area contributed by atoms with Gasteiger partial charge in [-0.05, 0) is 51.2 Å². The number of aromatic amines is 1. The standard InChI is InChI=1S/C38H56N10O11S/c1-4-8-26(44-32(54)16-41-31(53)15-40-20-50)34(56)42-17-33(55)45-28(19-60-37-22(3)24-9-5-6-10-25(24)47-37)35(57)46-27(14-30(39)52)38(59)48-12-7-11-29(48)36(58)43-21(2)13-23(51)18-49/h5-6,9-10,20-21,23,26-29,47,49,51H,4,7-8,11-19H2,1-3H3,(H2,39,52)(H,40,50)(H,41,53)(H,42,56)(H,43,58)(H,44,54)(H,45,55)(H,46,57)/t21?,23?,26?,27?,28-,29?/m0/s1. The second kappa shape index (κ2) is 24.4. The predicted octanol–water partition coefficient (Wildman–Crippen LogP) is -3.08. The number of nitrogens with two attached hydrogens (primary N) is 1. The Hall–Kier alpha value is -5.74. The van der Waals surface area contributed by atoms with Gasteiger partial charge in [0.05, 0.1) is 43.8 Å². The van der Waals surface area contributed by atoms with Gasteiger partial charge in [-0.1, -0.05) is 31.5 Å². The second-order valence-electron chi connectivity index (χ2n) is 14.4. The number of likely N-dealkylation sites (tertiary alicyclic amines) is 1. The van der Waals surface area contributed by atoms with Crippen LogP contribution >= 0.6 is 11.8 Å². The largest absolute Gasteiger partial charge is 0.394 e. The van der Waals surface area contributed by atoms with Gasteiger partial charge in [-0.15, -0.1) is 11.8 Å². The Balaban J connectivity index is 1.76. The number of carbonyl (C=O) groups is 9. The predicted molar refractivity (Wildman–Crippen MR) is 218 cm³/mol. The Labute approximate surface area is 350 Å². The highest BCUT2D eigenvalue weighted by Gasteiger charge is 2.39. The Morgan fingerprint density at radius 3 is 2.27 bits per heavy atom. The number of carbonyl (C=O) groups excluding carboxylic acids is 9. The molecule has 0 spiro atoms. The monoisotopic (exact) mass is 860 g/mol. The molecule has 1 fully saturated rings. The molecule has 1 saturated heterocycles. The minimum Gasteiger partial charge on any atom is -0.394 e. The summed E-state index contributed by atoms with van der Waals surface area (Å²) in [4.78, 5) is 119. The second-order valence-corrected chi connectivity index (χ2v) is 15.4. The van der Waals surface area contributed by atoms with Crippen LogP contribution in [0.15, 0.2) is 29.3 Å². The molecule has 1 aromatic carbocycles. The zero-order valence-electron chi connectivity index (χ0n) is 33.8. The average molecular weight is 861 g/mol. The molecule has 21 nitrogen and oxygen atoms in total. The summed E-state index contributed by atoms with van der Waals surface area (Å²) in [5.74, 6) is -5.96. The molecule has 2 heterocycles. The summed E-state index contributed by atoms with van der Waals surface area (Å²) in [6.07, 6.45) is 0.0925. The van der Waals surface area contributed by atoms with Gasteiger partial charge in [0.25, 0.3) is 0 Å². The highest BCUT2D eigenvalue weighted by molar-refractivity contribution is 7.99. The first-order valence-corrected chi connectivity index (χ1v) is 20.6. The first-order chi connectivity index (χ1) is 28.6. The van der Waals surface area contributed by atoms with Crippen LogP contribution in [0.5, 0.6) is 0 Å². The van der Waals surface area contributed by atoms with Gasteiger partial charge in [0.15, 0.2) is 0 Å². The number of hydrogen-bond acceptors (Lipinski definition) is 12. The van der Waals surface area contributed by atoms with Crippen molar-refractivity contribution in [1.82, 2.24) is 47.1 Å². The summed E-state index contributed by atoms with van der Waals surface area (Å²) in [6, 6.07) is 2.10. The van der Waals surface area contributed by atoms with Crippen molar-refractivity contribution < 1.29 is 53.4 Å². The van der Waals surface area contributed by atoms with Gasteiger partial charge in [0, 0.05) is 29.2 Å². The molecular weight excluding hydrogens is 805 g/mol. The van der Waals surface area contributed by atoms with Crippen LogP contribution in [0.25, 0.3) is 10.9 Å². The third-order valence-corrected chi connectivity index (χ3v) is 10.7. The molecule has 9 amide bonds. The number of thioether (sulfide) groups is 1. The van der Waals surface area contributed by atoms with Crippen molar-refractivity contribution in [3.05, 3.63) is 29.8 Å². The van der Waals surface area contributed by atoms with Crippen LogP contribution in [0.4, 0.5) is 0 Å². The van der Waals surface area contributed by atoms with E-state index in [2.05, 4.69) is 42.2 Å². The molecule has 1 aliphatic heterocycles. The number of aromatic nitrogens is 1. The maximum Gasteiger partial charge on any atom is 0.246 e. The minimum atomic E-state index is -1.51. The van der Waals surface area contributed by atoms with E-state index in [0.717, 1.165) is 16.5 Å². The van der Waals surface area contributed by atoms with Crippen molar-refractivity contribution in [3.8, 4) is 0 Å². The van der Waals surface area contributed by atoms with Crippen LogP contribution in [0.2, 0.25) is 0 Å². The summed E-state index contributed by atoms with van der Waals surface area (Å²) >= 11 is 1.20. The minimum absolute atomic E-state index is 0.0656. The highest BCUT2D eigenvalue weighted by Crippen LogP contribution is 2.29. The van der Waals surface area contributed by atoms with Gasteiger partial charge in [-0.2, -0.15) is 0 Å². The highest BCUT2D eigenvalue weighted by atomic mass is 32.2. The number of fused-ring (bicyclic) bond motifs is 1. The lowest BCUT2D eigenvalue weighted by Gasteiger charge is -2.30. The van der Waals surface area contributed by atoms with Crippen LogP contribution in [-0.4, -0.2) is 149 Å². The summed E-state index contributed by atoms with van der Waals surface area (Å²) in [7, 11) is 0. The number of aliphatic hydroxyl groups is 2. The van der Waals surface area contributed by atoms with E-state index in [0.29, 0.717) is 24.3 Å². The molecule has 0 aliphatic carbocycles. The lowest BCUT2D eigenvalue weighted by atomic mass is 10.1. The molecule has 1 aliphatic rings. The maximum atomic E-state index is 14.0. The smallest absolute Gasteiger partial charge is 0.246 e. The number of primary amides is 1. The molecule has 3 rings (SSSR count). The van der Waals surface area contributed by atoms with E-state index in [4.69, 9.17) is 10.8 Å². The number of hydrogen-bond donors (Lipinski definition) is 11. The Morgan fingerprint density at radius 1 is 0.933 bits per heavy atom. The van der Waals surface area contributed by atoms with Crippen LogP contribution in [0, 0.1) is 6.92 Å². The molecule has 22 heteroatoms. The number of benzene rings is 1. The molecule has 1 aromatic heterocycles. The molecule has 0 saturated carbocycles. The first-order valence-electron chi connectivity index (χ1n) is 19.6. The van der Waals surface area contributed by atoms with E-state index in [1.165, 1.54) is 16.7 Å². The van der Waals surface area contributed by atoms with Crippen LogP contribution in [-0.2, 0) is 43.2 Å². The molecule has 0 bridgehead atoms. The van der Waals surface area contributed by atoms with Crippen molar-refractivity contribution in [3.63, 3.8) is 0 Å². The van der Waals surface area contributed by atoms with Gasteiger partial charge >= 0.3 is 0 Å². The van der Waals surface area contributed by atoms with Crippen LogP contribution in [0.3, 0.4) is 0 Å². The number of amides is 9. The molecule has 0 radical (unpaired) electrons. The fourth-order valence-corrected chi connectivity index (χ4v) is 7.60. The molecule has 12 N–H and O–H groups in total. The SMILES string of the molecule is CCCC(NC(=O)CNC(=O)CNC=O)C(=O)NCC(=O)N[C@@H](CSc1[nH]c2ccccc2c1C)C(=O)NC(CC(N)=O)C(=O)N1CCCC1C(=O)NC(C)CC(O)CO. The Morgan fingerprint density at radius 2 is 1.62 bits per heavy atom. The summed E-state index contributed by atoms with van der Waals surface area (Å²) in [5.41, 5.74) is 7.22. The van der Waals surface area contributed by atoms with Gasteiger partial charge < -0.3 is 63.0 Å². The number of para-hydroxylation sites is 1. The number of nitrogens with zero attached hydrogens (tertiary/aromatic N) is 1. The third-order valence-electron chi connectivity index (χ3n) is 9.49. The van der Waals surface area contributed by atoms with E-state index in [1.54, 1.807) is 13.8 Å². The fraction of sp³-hybridized carbons (Fsp3) is 0.553. The summed E-state index contributed by atoms with van der Waals surface area (Å²) < 4.78 is 0. The number of nitrogens with one attached hydrogen (secondary N) is 8. The molecular formula is C38H56N10O11S. The van der Waals surface area contributed by atoms with E-state index in [1.807, 2.05) is 31.2 Å². The lowest BCUT2D eigenvalue weighted by molar-refractivity contribution is -0.143. The van der Waals surface area contributed by atoms with Gasteiger partial charge in [-0.25, -0.2) is 0 Å². The number of H-pyrrole nitrogens is 1. The quantitative estimate of drug-likeness (QED) is 0.0350. The zero-order chi connectivity index (χ0) is 44.4. The third kappa shape index (κ3) is 15.1. The molecule has 60 heavy (non-hydrogen) atoms. The van der Waals surface area contributed by atoms with Gasteiger partial charge in [0.1, 0.15) is 24.2 Å². The average Bonchev–Trinajstić information content (AvgIpc) is 3.83.